The van der Waals surface area contributed by atoms with Gasteiger partial charge < -0.3 is 29.6 Å². The number of hydrogen-bond acceptors (Lipinski definition) is 6. The highest BCUT2D eigenvalue weighted by atomic mass is 16.5. The van der Waals surface area contributed by atoms with Crippen molar-refractivity contribution in [3.05, 3.63) is 65.9 Å². The molecule has 3 rings (SSSR count). The van der Waals surface area contributed by atoms with Crippen molar-refractivity contribution in [1.29, 1.82) is 0 Å². The molecule has 1 heterocycles. The summed E-state index contributed by atoms with van der Waals surface area (Å²) >= 11 is 0. The van der Waals surface area contributed by atoms with Gasteiger partial charge in [-0.25, -0.2) is 0 Å². The quantitative estimate of drug-likeness (QED) is 0.412. The molecular formula is C20H22BNO6. The van der Waals surface area contributed by atoms with Crippen LogP contribution in [0, 0.1) is 0 Å². The van der Waals surface area contributed by atoms with Crippen LogP contribution in [-0.4, -0.2) is 47.3 Å². The molecule has 8 heteroatoms. The number of para-hydroxylation sites is 1. The fourth-order valence-electron chi connectivity index (χ4n) is 2.97. The molecule has 0 bridgehead atoms. The van der Waals surface area contributed by atoms with Gasteiger partial charge in [-0.2, -0.15) is 0 Å². The molecule has 0 aliphatic rings. The van der Waals surface area contributed by atoms with E-state index in [0.29, 0.717) is 11.3 Å². The molecule has 1 atom stereocenters. The van der Waals surface area contributed by atoms with Crippen molar-refractivity contribution in [2.45, 2.75) is 18.8 Å². The normalized spacial score (nSPS) is 12.0. The lowest BCUT2D eigenvalue weighted by atomic mass is 9.75. The van der Waals surface area contributed by atoms with E-state index in [9.17, 15) is 14.8 Å². The first kappa shape index (κ1) is 19.9. The molecule has 3 aromatic rings. The van der Waals surface area contributed by atoms with E-state index in [1.165, 1.54) is 0 Å². The van der Waals surface area contributed by atoms with Crippen molar-refractivity contribution in [3.8, 4) is 5.75 Å². The van der Waals surface area contributed by atoms with Crippen LogP contribution in [0.5, 0.6) is 5.75 Å². The standard InChI is InChI=1S/C20H22BNO6/c23-9-10-27-16-7-5-14(6-8-16)11-20(24)22-19(21(25)26)12-15-13-28-18-4-2-1-3-17(15)18/h1-8,13,19,23,25-26H,9-12H2,(H,22,24). The Morgan fingerprint density at radius 2 is 1.89 bits per heavy atom. The van der Waals surface area contributed by atoms with Crippen LogP contribution < -0.4 is 10.1 Å². The first-order valence-electron chi connectivity index (χ1n) is 9.00. The maximum absolute atomic E-state index is 12.4. The second-order valence-corrected chi connectivity index (χ2v) is 6.44. The minimum absolute atomic E-state index is 0.0685. The van der Waals surface area contributed by atoms with E-state index in [1.807, 2.05) is 24.3 Å². The number of aliphatic hydroxyl groups is 1. The van der Waals surface area contributed by atoms with E-state index in [0.717, 1.165) is 16.5 Å². The summed E-state index contributed by atoms with van der Waals surface area (Å²) < 4.78 is 10.7. The summed E-state index contributed by atoms with van der Waals surface area (Å²) in [7, 11) is -1.70. The Balaban J connectivity index is 1.61. The van der Waals surface area contributed by atoms with Gasteiger partial charge in [0.1, 0.15) is 17.9 Å². The lowest BCUT2D eigenvalue weighted by molar-refractivity contribution is -0.120. The maximum atomic E-state index is 12.4. The van der Waals surface area contributed by atoms with Crippen LogP contribution in [0.2, 0.25) is 0 Å². The minimum Gasteiger partial charge on any atom is -0.491 e. The number of carbonyl (C=O) groups is 1. The molecule has 1 unspecified atom stereocenters. The Morgan fingerprint density at radius 3 is 2.61 bits per heavy atom. The van der Waals surface area contributed by atoms with Crippen molar-refractivity contribution in [3.63, 3.8) is 0 Å². The van der Waals surface area contributed by atoms with Gasteiger partial charge in [0.2, 0.25) is 5.91 Å². The molecule has 0 saturated carbocycles. The zero-order valence-electron chi connectivity index (χ0n) is 15.2. The van der Waals surface area contributed by atoms with Gasteiger partial charge >= 0.3 is 7.12 Å². The number of ether oxygens (including phenoxy) is 1. The van der Waals surface area contributed by atoms with Crippen LogP contribution in [0.3, 0.4) is 0 Å². The Morgan fingerprint density at radius 1 is 1.14 bits per heavy atom. The van der Waals surface area contributed by atoms with Crippen LogP contribution in [0.1, 0.15) is 11.1 Å². The molecular weight excluding hydrogens is 361 g/mol. The van der Waals surface area contributed by atoms with Gasteiger partial charge in [0, 0.05) is 5.39 Å². The molecule has 0 fully saturated rings. The van der Waals surface area contributed by atoms with Crippen LogP contribution in [0.25, 0.3) is 11.0 Å². The van der Waals surface area contributed by atoms with E-state index in [1.54, 1.807) is 30.5 Å². The molecule has 4 N–H and O–H groups in total. The maximum Gasteiger partial charge on any atom is 0.475 e. The fourth-order valence-corrected chi connectivity index (χ4v) is 2.97. The molecule has 28 heavy (non-hydrogen) atoms. The van der Waals surface area contributed by atoms with Crippen molar-refractivity contribution >= 4 is 24.0 Å². The van der Waals surface area contributed by atoms with E-state index >= 15 is 0 Å². The highest BCUT2D eigenvalue weighted by Crippen LogP contribution is 2.22. The molecule has 1 amide bonds. The largest absolute Gasteiger partial charge is 0.491 e. The molecule has 0 aliphatic carbocycles. The highest BCUT2D eigenvalue weighted by Gasteiger charge is 2.27. The first-order chi connectivity index (χ1) is 13.6. The van der Waals surface area contributed by atoms with E-state index in [-0.39, 0.29) is 32.0 Å². The lowest BCUT2D eigenvalue weighted by Crippen LogP contribution is -2.48. The molecule has 146 valence electrons. The first-order valence-corrected chi connectivity index (χ1v) is 9.00. The molecule has 2 aromatic carbocycles. The number of carbonyl (C=O) groups excluding carboxylic acids is 1. The molecule has 0 aliphatic heterocycles. The molecule has 7 nitrogen and oxygen atoms in total. The summed E-state index contributed by atoms with van der Waals surface area (Å²) in [6, 6.07) is 14.4. The summed E-state index contributed by atoms with van der Waals surface area (Å²) in [5.41, 5.74) is 2.26. The van der Waals surface area contributed by atoms with Gasteiger partial charge in [0.25, 0.3) is 0 Å². The van der Waals surface area contributed by atoms with Gasteiger partial charge in [-0.15, -0.1) is 0 Å². The predicted octanol–water partition coefficient (Wildman–Crippen LogP) is 1.09. The number of fused-ring (bicyclic) bond motifs is 1. The van der Waals surface area contributed by atoms with Crippen LogP contribution >= 0.6 is 0 Å². The van der Waals surface area contributed by atoms with E-state index in [2.05, 4.69) is 5.32 Å². The number of rotatable bonds is 9. The van der Waals surface area contributed by atoms with E-state index in [4.69, 9.17) is 14.3 Å². The second-order valence-electron chi connectivity index (χ2n) is 6.44. The minimum atomic E-state index is -1.70. The second kappa shape index (κ2) is 9.41. The summed E-state index contributed by atoms with van der Waals surface area (Å²) in [6.45, 7) is 0.138. The number of furan rings is 1. The molecule has 0 saturated heterocycles. The van der Waals surface area contributed by atoms with Gasteiger partial charge in [0.15, 0.2) is 0 Å². The smallest absolute Gasteiger partial charge is 0.475 e. The Kier molecular flexibility index (Phi) is 6.70. The number of aliphatic hydroxyl groups excluding tert-OH is 1. The SMILES string of the molecule is O=C(Cc1ccc(OCCO)cc1)NC(Cc1coc2ccccc12)B(O)O. The zero-order chi connectivity index (χ0) is 19.9. The Bertz CT molecular complexity index is 908. The van der Waals surface area contributed by atoms with Crippen molar-refractivity contribution < 1.29 is 29.1 Å². The summed E-state index contributed by atoms with van der Waals surface area (Å²) in [4.78, 5) is 12.4. The predicted molar refractivity (Wildman–Crippen MR) is 105 cm³/mol. The van der Waals surface area contributed by atoms with Gasteiger partial charge in [0.05, 0.1) is 25.2 Å². The Hall–Kier alpha value is -2.81. The highest BCUT2D eigenvalue weighted by molar-refractivity contribution is 6.43. The Labute approximate surface area is 162 Å². The number of benzene rings is 2. The van der Waals surface area contributed by atoms with Gasteiger partial charge in [-0.1, -0.05) is 30.3 Å². The number of amides is 1. The van der Waals surface area contributed by atoms with Gasteiger partial charge in [-0.05, 0) is 35.7 Å². The van der Waals surface area contributed by atoms with E-state index < -0.39 is 13.1 Å². The topological polar surface area (TPSA) is 112 Å². The van der Waals surface area contributed by atoms with Crippen LogP contribution in [0.15, 0.2) is 59.2 Å². The van der Waals surface area contributed by atoms with Gasteiger partial charge in [-0.3, -0.25) is 4.79 Å². The third kappa shape index (κ3) is 5.13. The van der Waals surface area contributed by atoms with Crippen molar-refractivity contribution in [2.24, 2.45) is 0 Å². The third-order valence-electron chi connectivity index (χ3n) is 4.36. The number of nitrogens with one attached hydrogen (secondary N) is 1. The summed E-state index contributed by atoms with van der Waals surface area (Å²) in [5.74, 6) is -0.579. The molecule has 1 aromatic heterocycles. The average Bonchev–Trinajstić information content (AvgIpc) is 3.10. The van der Waals surface area contributed by atoms with Crippen LogP contribution in [0.4, 0.5) is 0 Å². The zero-order valence-corrected chi connectivity index (χ0v) is 15.2. The average molecular weight is 383 g/mol. The van der Waals surface area contributed by atoms with Crippen molar-refractivity contribution in [1.82, 2.24) is 5.32 Å². The lowest BCUT2D eigenvalue weighted by Gasteiger charge is -2.17. The summed E-state index contributed by atoms with van der Waals surface area (Å²) in [5, 5.41) is 31.7. The fraction of sp³-hybridized carbons (Fsp3) is 0.250. The van der Waals surface area contributed by atoms with Crippen LogP contribution in [-0.2, 0) is 17.6 Å². The summed E-state index contributed by atoms with van der Waals surface area (Å²) in [6.07, 6.45) is 1.89. The van der Waals surface area contributed by atoms with Crippen molar-refractivity contribution in [2.75, 3.05) is 13.2 Å². The third-order valence-corrected chi connectivity index (χ3v) is 4.36. The molecule has 0 radical (unpaired) electrons. The molecule has 0 spiro atoms. The monoisotopic (exact) mass is 383 g/mol. The number of hydrogen-bond donors (Lipinski definition) is 4.